The molecule has 0 radical (unpaired) electrons. The lowest BCUT2D eigenvalue weighted by molar-refractivity contribution is 0.581. The Morgan fingerprint density at radius 1 is 1.32 bits per heavy atom. The van der Waals surface area contributed by atoms with Crippen LogP contribution in [0.25, 0.3) is 0 Å². The fourth-order valence-electron chi connectivity index (χ4n) is 1.67. The summed E-state index contributed by atoms with van der Waals surface area (Å²) in [5.41, 5.74) is 1.91. The molecule has 102 valence electrons. The van der Waals surface area contributed by atoms with Crippen LogP contribution in [0, 0.1) is 6.92 Å². The highest BCUT2D eigenvalue weighted by atomic mass is 35.5. The number of aromatic nitrogens is 1. The van der Waals surface area contributed by atoms with Crippen LogP contribution >= 0.6 is 11.6 Å². The minimum atomic E-state index is -3.50. The second-order valence-electron chi connectivity index (χ2n) is 4.28. The zero-order chi connectivity index (χ0) is 13.9. The van der Waals surface area contributed by atoms with Crippen molar-refractivity contribution < 1.29 is 8.42 Å². The minimum absolute atomic E-state index is 0.192. The maximum absolute atomic E-state index is 12.0. The third kappa shape index (κ3) is 3.59. The molecular formula is C13H15ClN2O2S. The molecule has 2 aromatic rings. The van der Waals surface area contributed by atoms with Gasteiger partial charge in [0.1, 0.15) is 0 Å². The number of H-pyrrole nitrogens is 1. The lowest BCUT2D eigenvalue weighted by atomic mass is 10.2. The SMILES string of the molecule is Cc1ccc(S(=O)(=O)NCCc2cc[nH]c2)cc1Cl. The minimum Gasteiger partial charge on any atom is -0.367 e. The van der Waals surface area contributed by atoms with E-state index in [1.165, 1.54) is 6.07 Å². The van der Waals surface area contributed by atoms with Crippen LogP contribution in [-0.4, -0.2) is 19.9 Å². The number of sulfonamides is 1. The molecule has 4 nitrogen and oxygen atoms in total. The van der Waals surface area contributed by atoms with E-state index in [2.05, 4.69) is 9.71 Å². The van der Waals surface area contributed by atoms with Crippen LogP contribution in [0.5, 0.6) is 0 Å². The molecule has 2 rings (SSSR count). The van der Waals surface area contributed by atoms with Crippen LogP contribution in [0.3, 0.4) is 0 Å². The van der Waals surface area contributed by atoms with E-state index in [1.54, 1.807) is 12.1 Å². The lowest BCUT2D eigenvalue weighted by Crippen LogP contribution is -2.25. The summed E-state index contributed by atoms with van der Waals surface area (Å²) in [6.45, 7) is 2.18. The Morgan fingerprint density at radius 2 is 2.11 bits per heavy atom. The van der Waals surface area contributed by atoms with Gasteiger partial charge in [0, 0.05) is 24.0 Å². The summed E-state index contributed by atoms with van der Waals surface area (Å²) in [5, 5.41) is 0.452. The molecule has 1 aromatic heterocycles. The van der Waals surface area contributed by atoms with E-state index in [9.17, 15) is 8.42 Å². The molecule has 0 amide bonds. The van der Waals surface area contributed by atoms with Gasteiger partial charge in [0.2, 0.25) is 10.0 Å². The monoisotopic (exact) mass is 298 g/mol. The molecule has 0 fully saturated rings. The van der Waals surface area contributed by atoms with Gasteiger partial charge in [-0.15, -0.1) is 0 Å². The number of nitrogens with one attached hydrogen (secondary N) is 2. The first-order valence-corrected chi connectivity index (χ1v) is 7.72. The predicted octanol–water partition coefficient (Wildman–Crippen LogP) is 2.50. The third-order valence-electron chi connectivity index (χ3n) is 2.82. The number of benzene rings is 1. The molecule has 0 saturated carbocycles. The second kappa shape index (κ2) is 5.77. The molecule has 0 aliphatic carbocycles. The van der Waals surface area contributed by atoms with Crippen molar-refractivity contribution in [3.63, 3.8) is 0 Å². The molecule has 1 heterocycles. The van der Waals surface area contributed by atoms with Gasteiger partial charge >= 0.3 is 0 Å². The summed E-state index contributed by atoms with van der Waals surface area (Å²) in [6.07, 6.45) is 4.29. The first-order valence-electron chi connectivity index (χ1n) is 5.86. The highest BCUT2D eigenvalue weighted by molar-refractivity contribution is 7.89. The molecule has 0 aliphatic heterocycles. The highest BCUT2D eigenvalue weighted by Crippen LogP contribution is 2.19. The number of rotatable bonds is 5. The normalized spacial score (nSPS) is 11.7. The molecule has 19 heavy (non-hydrogen) atoms. The quantitative estimate of drug-likeness (QED) is 0.891. The van der Waals surface area contributed by atoms with Crippen molar-refractivity contribution in [3.8, 4) is 0 Å². The smallest absolute Gasteiger partial charge is 0.240 e. The summed E-state index contributed by atoms with van der Waals surface area (Å²) in [5.74, 6) is 0. The molecule has 0 aliphatic rings. The van der Waals surface area contributed by atoms with Crippen LogP contribution in [0.2, 0.25) is 5.02 Å². The van der Waals surface area contributed by atoms with Crippen molar-refractivity contribution in [3.05, 3.63) is 52.8 Å². The maximum Gasteiger partial charge on any atom is 0.240 e. The van der Waals surface area contributed by atoms with Crippen molar-refractivity contribution in [2.24, 2.45) is 0 Å². The van der Waals surface area contributed by atoms with E-state index < -0.39 is 10.0 Å². The standard InChI is InChI=1S/C13H15ClN2O2S/c1-10-2-3-12(8-13(10)14)19(17,18)16-7-5-11-4-6-15-9-11/h2-4,6,8-9,15-16H,5,7H2,1H3. The van der Waals surface area contributed by atoms with Crippen LogP contribution in [0.4, 0.5) is 0 Å². The Hall–Kier alpha value is -1.30. The van der Waals surface area contributed by atoms with Crippen LogP contribution in [-0.2, 0) is 16.4 Å². The van der Waals surface area contributed by atoms with Gasteiger partial charge < -0.3 is 4.98 Å². The van der Waals surface area contributed by atoms with Crippen molar-refractivity contribution in [2.75, 3.05) is 6.54 Å². The van der Waals surface area contributed by atoms with Crippen molar-refractivity contribution >= 4 is 21.6 Å². The summed E-state index contributed by atoms with van der Waals surface area (Å²) in [7, 11) is -3.50. The van der Waals surface area contributed by atoms with Gasteiger partial charge in [0.25, 0.3) is 0 Å². The lowest BCUT2D eigenvalue weighted by Gasteiger charge is -2.07. The zero-order valence-corrected chi connectivity index (χ0v) is 12.1. The molecule has 0 bridgehead atoms. The van der Waals surface area contributed by atoms with Crippen LogP contribution < -0.4 is 4.72 Å². The van der Waals surface area contributed by atoms with Gasteiger partial charge in [-0.05, 0) is 42.7 Å². The van der Waals surface area contributed by atoms with Crippen molar-refractivity contribution in [2.45, 2.75) is 18.2 Å². The Kier molecular flexibility index (Phi) is 4.29. The molecule has 0 saturated heterocycles. The molecule has 0 atom stereocenters. The Bertz CT molecular complexity index is 651. The van der Waals surface area contributed by atoms with Gasteiger partial charge in [-0.25, -0.2) is 13.1 Å². The molecule has 0 spiro atoms. The summed E-state index contributed by atoms with van der Waals surface area (Å²) < 4.78 is 26.7. The topological polar surface area (TPSA) is 62.0 Å². The first kappa shape index (κ1) is 14.1. The second-order valence-corrected chi connectivity index (χ2v) is 6.45. The van der Waals surface area contributed by atoms with E-state index in [4.69, 9.17) is 11.6 Å². The first-order chi connectivity index (χ1) is 8.99. The largest absolute Gasteiger partial charge is 0.367 e. The summed E-state index contributed by atoms with van der Waals surface area (Å²) in [6, 6.07) is 6.63. The molecule has 0 unspecified atom stereocenters. The Balaban J connectivity index is 2.03. The van der Waals surface area contributed by atoms with Gasteiger partial charge in [0.15, 0.2) is 0 Å². The van der Waals surface area contributed by atoms with Crippen LogP contribution in [0.15, 0.2) is 41.6 Å². The number of aryl methyl sites for hydroxylation is 1. The molecule has 2 N–H and O–H groups in total. The molecular weight excluding hydrogens is 284 g/mol. The summed E-state index contributed by atoms with van der Waals surface area (Å²) in [4.78, 5) is 3.12. The highest BCUT2D eigenvalue weighted by Gasteiger charge is 2.14. The third-order valence-corrected chi connectivity index (χ3v) is 4.69. The average Bonchev–Trinajstić information content (AvgIpc) is 2.85. The van der Waals surface area contributed by atoms with Gasteiger partial charge in [-0.1, -0.05) is 17.7 Å². The number of hydrogen-bond donors (Lipinski definition) is 2. The maximum atomic E-state index is 12.0. The zero-order valence-electron chi connectivity index (χ0n) is 10.5. The van der Waals surface area contributed by atoms with Gasteiger partial charge in [-0.2, -0.15) is 0 Å². The molecule has 6 heteroatoms. The van der Waals surface area contributed by atoms with E-state index in [0.717, 1.165) is 11.1 Å². The Labute approximate surface area is 117 Å². The average molecular weight is 299 g/mol. The fourth-order valence-corrected chi connectivity index (χ4v) is 2.97. The van der Waals surface area contributed by atoms with Crippen molar-refractivity contribution in [1.29, 1.82) is 0 Å². The predicted molar refractivity (Wildman–Crippen MR) is 75.9 cm³/mol. The Morgan fingerprint density at radius 3 is 2.74 bits per heavy atom. The van der Waals surface area contributed by atoms with E-state index in [1.807, 2.05) is 25.4 Å². The van der Waals surface area contributed by atoms with E-state index >= 15 is 0 Å². The van der Waals surface area contributed by atoms with E-state index in [0.29, 0.717) is 18.0 Å². The van der Waals surface area contributed by atoms with E-state index in [-0.39, 0.29) is 4.90 Å². The van der Waals surface area contributed by atoms with Crippen LogP contribution in [0.1, 0.15) is 11.1 Å². The van der Waals surface area contributed by atoms with Gasteiger partial charge in [-0.3, -0.25) is 0 Å². The number of halogens is 1. The number of aromatic amines is 1. The molecule has 1 aromatic carbocycles. The summed E-state index contributed by atoms with van der Waals surface area (Å²) >= 11 is 5.94. The fraction of sp³-hybridized carbons (Fsp3) is 0.231. The van der Waals surface area contributed by atoms with Crippen molar-refractivity contribution in [1.82, 2.24) is 9.71 Å². The number of hydrogen-bond acceptors (Lipinski definition) is 2. The van der Waals surface area contributed by atoms with Gasteiger partial charge in [0.05, 0.1) is 4.90 Å².